The first-order chi connectivity index (χ1) is 7.16. The van der Waals surface area contributed by atoms with Crippen molar-refractivity contribution < 1.29 is 4.79 Å². The Morgan fingerprint density at radius 2 is 2.27 bits per heavy atom. The van der Waals surface area contributed by atoms with Crippen molar-refractivity contribution in [3.8, 4) is 0 Å². The highest BCUT2D eigenvalue weighted by Gasteiger charge is 2.18. The average Bonchev–Trinajstić information content (AvgIpc) is 2.57. The molecule has 0 spiro atoms. The molecule has 0 saturated carbocycles. The number of primary amides is 1. The number of fused-ring (bicyclic) bond motifs is 1. The Bertz CT molecular complexity index is 389. The Morgan fingerprint density at radius 3 is 3.00 bits per heavy atom. The summed E-state index contributed by atoms with van der Waals surface area (Å²) in [5.41, 5.74) is 14.1. The van der Waals surface area contributed by atoms with Gasteiger partial charge in [-0.05, 0) is 24.1 Å². The van der Waals surface area contributed by atoms with E-state index in [1.807, 2.05) is 12.1 Å². The van der Waals surface area contributed by atoms with E-state index in [0.717, 1.165) is 24.3 Å². The van der Waals surface area contributed by atoms with Gasteiger partial charge in [-0.2, -0.15) is 0 Å². The van der Waals surface area contributed by atoms with Crippen LogP contribution in [-0.2, 0) is 11.2 Å². The zero-order valence-electron chi connectivity index (χ0n) is 8.57. The van der Waals surface area contributed by atoms with Gasteiger partial charge in [0.05, 0.1) is 0 Å². The van der Waals surface area contributed by atoms with Gasteiger partial charge in [-0.1, -0.05) is 6.07 Å². The van der Waals surface area contributed by atoms with E-state index in [1.165, 1.54) is 5.56 Å². The number of carbonyl (C=O) groups is 1. The van der Waals surface area contributed by atoms with Crippen LogP contribution in [0.4, 0.5) is 11.4 Å². The quantitative estimate of drug-likeness (QED) is 0.706. The third-order valence-corrected chi connectivity index (χ3v) is 2.73. The second kappa shape index (κ2) is 3.81. The molecule has 1 aromatic carbocycles. The molecule has 1 heterocycles. The number of amides is 1. The molecule has 1 aliphatic heterocycles. The third-order valence-electron chi connectivity index (χ3n) is 2.73. The maximum atomic E-state index is 10.7. The minimum atomic E-state index is -0.257. The molecule has 1 amide bonds. The van der Waals surface area contributed by atoms with Crippen LogP contribution in [0.1, 0.15) is 12.0 Å². The molecular formula is C11H15N3O. The van der Waals surface area contributed by atoms with Gasteiger partial charge >= 0.3 is 0 Å². The molecule has 0 unspecified atom stereocenters. The fourth-order valence-electron chi connectivity index (χ4n) is 1.94. The summed E-state index contributed by atoms with van der Waals surface area (Å²) in [6.07, 6.45) is 1.42. The van der Waals surface area contributed by atoms with Gasteiger partial charge in [0.15, 0.2) is 0 Å². The predicted molar refractivity (Wildman–Crippen MR) is 60.6 cm³/mol. The molecule has 0 fully saturated rings. The first-order valence-corrected chi connectivity index (χ1v) is 5.08. The Morgan fingerprint density at radius 1 is 1.47 bits per heavy atom. The number of hydrogen-bond donors (Lipinski definition) is 2. The lowest BCUT2D eigenvalue weighted by molar-refractivity contribution is -0.117. The number of carbonyl (C=O) groups excluding carboxylic acids is 1. The Hall–Kier alpha value is -1.71. The highest BCUT2D eigenvalue weighted by Crippen LogP contribution is 2.29. The first-order valence-electron chi connectivity index (χ1n) is 5.08. The zero-order chi connectivity index (χ0) is 10.8. The van der Waals surface area contributed by atoms with Crippen LogP contribution in [-0.4, -0.2) is 19.0 Å². The Balaban J connectivity index is 2.13. The Labute approximate surface area is 88.9 Å². The summed E-state index contributed by atoms with van der Waals surface area (Å²) in [4.78, 5) is 12.9. The van der Waals surface area contributed by atoms with Gasteiger partial charge in [-0.3, -0.25) is 4.79 Å². The summed E-state index contributed by atoms with van der Waals surface area (Å²) in [7, 11) is 0. The number of anilines is 2. The molecule has 0 aromatic heterocycles. The summed E-state index contributed by atoms with van der Waals surface area (Å²) in [5, 5.41) is 0. The van der Waals surface area contributed by atoms with Crippen LogP contribution in [0, 0.1) is 0 Å². The molecule has 0 radical (unpaired) electrons. The van der Waals surface area contributed by atoms with Crippen molar-refractivity contribution in [3.63, 3.8) is 0 Å². The van der Waals surface area contributed by atoms with Gasteiger partial charge in [-0.15, -0.1) is 0 Å². The maximum Gasteiger partial charge on any atom is 0.219 e. The molecule has 1 aliphatic rings. The van der Waals surface area contributed by atoms with E-state index in [9.17, 15) is 4.79 Å². The van der Waals surface area contributed by atoms with Crippen molar-refractivity contribution in [2.24, 2.45) is 5.73 Å². The molecule has 4 heteroatoms. The largest absolute Gasteiger partial charge is 0.399 e. The van der Waals surface area contributed by atoms with Crippen molar-refractivity contribution in [1.29, 1.82) is 0 Å². The van der Waals surface area contributed by atoms with Gasteiger partial charge in [0.2, 0.25) is 5.91 Å². The molecule has 4 N–H and O–H groups in total. The smallest absolute Gasteiger partial charge is 0.219 e. The van der Waals surface area contributed by atoms with Crippen LogP contribution in [0.15, 0.2) is 18.2 Å². The zero-order valence-corrected chi connectivity index (χ0v) is 8.57. The summed E-state index contributed by atoms with van der Waals surface area (Å²) < 4.78 is 0. The topological polar surface area (TPSA) is 72.4 Å². The number of nitrogens with zero attached hydrogens (tertiary/aromatic N) is 1. The van der Waals surface area contributed by atoms with Crippen molar-refractivity contribution >= 4 is 17.3 Å². The standard InChI is InChI=1S/C11H15N3O/c12-9-2-1-8-3-5-14(10(8)7-9)6-4-11(13)15/h1-2,7H,3-6,12H2,(H2,13,15). The summed E-state index contributed by atoms with van der Waals surface area (Å²) in [6, 6.07) is 5.93. The SMILES string of the molecule is NC(=O)CCN1CCc2ccc(N)cc21. The van der Waals surface area contributed by atoms with Gasteiger partial charge in [0, 0.05) is 30.9 Å². The van der Waals surface area contributed by atoms with E-state index in [4.69, 9.17) is 11.5 Å². The Kier molecular flexibility index (Phi) is 2.49. The van der Waals surface area contributed by atoms with Crippen molar-refractivity contribution in [2.45, 2.75) is 12.8 Å². The fraction of sp³-hybridized carbons (Fsp3) is 0.364. The van der Waals surface area contributed by atoms with Crippen LogP contribution >= 0.6 is 0 Å². The molecule has 1 aromatic rings. The molecule has 15 heavy (non-hydrogen) atoms. The molecule has 0 bridgehead atoms. The van der Waals surface area contributed by atoms with Crippen LogP contribution in [0.25, 0.3) is 0 Å². The maximum absolute atomic E-state index is 10.7. The number of nitrogen functional groups attached to an aromatic ring is 1. The highest BCUT2D eigenvalue weighted by atomic mass is 16.1. The van der Waals surface area contributed by atoms with E-state index in [-0.39, 0.29) is 5.91 Å². The molecule has 0 aliphatic carbocycles. The molecule has 80 valence electrons. The second-order valence-corrected chi connectivity index (χ2v) is 3.84. The number of benzene rings is 1. The summed E-state index contributed by atoms with van der Waals surface area (Å²) >= 11 is 0. The minimum Gasteiger partial charge on any atom is -0.399 e. The highest BCUT2D eigenvalue weighted by molar-refractivity contribution is 5.75. The fourth-order valence-corrected chi connectivity index (χ4v) is 1.94. The summed E-state index contributed by atoms with van der Waals surface area (Å²) in [6.45, 7) is 1.64. The summed E-state index contributed by atoms with van der Waals surface area (Å²) in [5.74, 6) is -0.257. The van der Waals surface area contributed by atoms with E-state index in [0.29, 0.717) is 13.0 Å². The monoisotopic (exact) mass is 205 g/mol. The average molecular weight is 205 g/mol. The van der Waals surface area contributed by atoms with E-state index >= 15 is 0 Å². The van der Waals surface area contributed by atoms with Crippen molar-refractivity contribution in [1.82, 2.24) is 0 Å². The van der Waals surface area contributed by atoms with Crippen LogP contribution in [0.3, 0.4) is 0 Å². The predicted octanol–water partition coefficient (Wildman–Crippen LogP) is 0.507. The van der Waals surface area contributed by atoms with Crippen LogP contribution in [0.2, 0.25) is 0 Å². The minimum absolute atomic E-state index is 0.257. The molecular weight excluding hydrogens is 190 g/mol. The lowest BCUT2D eigenvalue weighted by Crippen LogP contribution is -2.26. The van der Waals surface area contributed by atoms with E-state index in [1.54, 1.807) is 0 Å². The number of hydrogen-bond acceptors (Lipinski definition) is 3. The van der Waals surface area contributed by atoms with Gasteiger partial charge in [-0.25, -0.2) is 0 Å². The number of rotatable bonds is 3. The third kappa shape index (κ3) is 2.03. The van der Waals surface area contributed by atoms with Gasteiger partial charge < -0.3 is 16.4 Å². The van der Waals surface area contributed by atoms with E-state index in [2.05, 4.69) is 11.0 Å². The lowest BCUT2D eigenvalue weighted by Gasteiger charge is -2.18. The van der Waals surface area contributed by atoms with Crippen LogP contribution in [0.5, 0.6) is 0 Å². The molecule has 0 atom stereocenters. The first kappa shape index (κ1) is 9.83. The number of nitrogens with two attached hydrogens (primary N) is 2. The van der Waals surface area contributed by atoms with Gasteiger partial charge in [0.25, 0.3) is 0 Å². The normalized spacial score (nSPS) is 14.0. The van der Waals surface area contributed by atoms with Crippen molar-refractivity contribution in [3.05, 3.63) is 23.8 Å². The second-order valence-electron chi connectivity index (χ2n) is 3.84. The lowest BCUT2D eigenvalue weighted by atomic mass is 10.1. The molecule has 2 rings (SSSR count). The molecule has 4 nitrogen and oxygen atoms in total. The van der Waals surface area contributed by atoms with E-state index < -0.39 is 0 Å². The molecule has 0 saturated heterocycles. The van der Waals surface area contributed by atoms with Crippen molar-refractivity contribution in [2.75, 3.05) is 23.7 Å². The van der Waals surface area contributed by atoms with Crippen LogP contribution < -0.4 is 16.4 Å². The van der Waals surface area contributed by atoms with Gasteiger partial charge in [0.1, 0.15) is 0 Å².